The number of alkyl halides is 1. The van der Waals surface area contributed by atoms with Crippen LogP contribution in [0.3, 0.4) is 0 Å². The monoisotopic (exact) mass is 337 g/mol. The van der Waals surface area contributed by atoms with Crippen LogP contribution in [0.4, 0.5) is 13.2 Å². The summed E-state index contributed by atoms with van der Waals surface area (Å²) >= 11 is 3.19. The summed E-state index contributed by atoms with van der Waals surface area (Å²) in [5.74, 6) is -4.12. The van der Waals surface area contributed by atoms with Gasteiger partial charge in [0, 0.05) is 30.6 Å². The Kier molecular flexibility index (Phi) is 6.34. The molecule has 0 bridgehead atoms. The van der Waals surface area contributed by atoms with Gasteiger partial charge in [0.15, 0.2) is 0 Å². The Bertz CT molecular complexity index is 431. The van der Waals surface area contributed by atoms with Crippen molar-refractivity contribution in [3.8, 4) is 0 Å². The van der Waals surface area contributed by atoms with Crippen LogP contribution >= 0.6 is 15.9 Å². The summed E-state index contributed by atoms with van der Waals surface area (Å²) in [5, 5.41) is 0.507. The third-order valence-corrected chi connectivity index (χ3v) is 3.00. The van der Waals surface area contributed by atoms with E-state index in [1.54, 1.807) is 0 Å². The molecule has 0 saturated carbocycles. The summed E-state index contributed by atoms with van der Waals surface area (Å²) in [6.07, 6.45) is 1.60. The molecular formula is C13H15BrF3NO. The number of carbonyl (C=O) groups excluding carboxylic acids is 1. The Labute approximate surface area is 118 Å². The van der Waals surface area contributed by atoms with Crippen molar-refractivity contribution in [2.24, 2.45) is 0 Å². The van der Waals surface area contributed by atoms with E-state index in [9.17, 15) is 18.0 Å². The molecule has 0 aliphatic rings. The molecule has 1 amide bonds. The van der Waals surface area contributed by atoms with Gasteiger partial charge in [-0.1, -0.05) is 29.3 Å². The molecular weight excluding hydrogens is 323 g/mol. The van der Waals surface area contributed by atoms with Crippen molar-refractivity contribution in [1.29, 1.82) is 0 Å². The lowest BCUT2D eigenvalue weighted by Gasteiger charge is -2.22. The molecule has 6 heteroatoms. The second-order valence-corrected chi connectivity index (χ2v) is 4.87. The molecule has 0 unspecified atom stereocenters. The van der Waals surface area contributed by atoms with E-state index in [0.717, 1.165) is 12.8 Å². The molecule has 2 nitrogen and oxygen atoms in total. The molecule has 0 aliphatic heterocycles. The minimum absolute atomic E-state index is 0.342. The number of hydrogen-bond donors (Lipinski definition) is 0. The smallest absolute Gasteiger partial charge is 0.259 e. The first-order chi connectivity index (χ1) is 9.01. The first-order valence-electron chi connectivity index (χ1n) is 6.01. The van der Waals surface area contributed by atoms with Crippen molar-refractivity contribution in [3.63, 3.8) is 0 Å². The van der Waals surface area contributed by atoms with Gasteiger partial charge in [0.05, 0.1) is 0 Å². The highest BCUT2D eigenvalue weighted by atomic mass is 79.9. The number of carbonyl (C=O) groups is 1. The van der Waals surface area contributed by atoms with Gasteiger partial charge in [0.25, 0.3) is 5.91 Å². The van der Waals surface area contributed by atoms with Crippen LogP contribution in [0.2, 0.25) is 0 Å². The largest absolute Gasteiger partial charge is 0.338 e. The summed E-state index contributed by atoms with van der Waals surface area (Å²) in [6.45, 7) is 2.71. The van der Waals surface area contributed by atoms with Crippen LogP contribution < -0.4 is 0 Å². The molecule has 0 spiro atoms. The van der Waals surface area contributed by atoms with E-state index >= 15 is 0 Å². The SMILES string of the molecule is CCCCN(CCBr)C(=O)c1c(F)cc(F)cc1F. The highest BCUT2D eigenvalue weighted by Gasteiger charge is 2.23. The van der Waals surface area contributed by atoms with Gasteiger partial charge in [-0.25, -0.2) is 13.2 Å². The minimum atomic E-state index is -1.17. The average Bonchev–Trinajstić information content (AvgIpc) is 2.33. The molecule has 106 valence electrons. The number of hydrogen-bond acceptors (Lipinski definition) is 1. The lowest BCUT2D eigenvalue weighted by molar-refractivity contribution is 0.0754. The van der Waals surface area contributed by atoms with E-state index in [0.29, 0.717) is 30.6 Å². The van der Waals surface area contributed by atoms with E-state index in [-0.39, 0.29) is 0 Å². The lowest BCUT2D eigenvalue weighted by atomic mass is 10.1. The molecule has 0 aromatic heterocycles. The molecule has 0 aliphatic carbocycles. The summed E-state index contributed by atoms with van der Waals surface area (Å²) < 4.78 is 39.9. The van der Waals surface area contributed by atoms with E-state index in [2.05, 4.69) is 15.9 Å². The Morgan fingerprint density at radius 2 is 1.79 bits per heavy atom. The summed E-state index contributed by atoms with van der Waals surface area (Å²) in [5.41, 5.74) is -0.696. The van der Waals surface area contributed by atoms with Gasteiger partial charge in [0.2, 0.25) is 0 Å². The third kappa shape index (κ3) is 4.23. The molecule has 1 rings (SSSR count). The summed E-state index contributed by atoms with van der Waals surface area (Å²) in [6, 6.07) is 1.03. The highest BCUT2D eigenvalue weighted by molar-refractivity contribution is 9.09. The second kappa shape index (κ2) is 7.53. The van der Waals surface area contributed by atoms with Gasteiger partial charge in [-0.05, 0) is 6.42 Å². The number of amides is 1. The van der Waals surface area contributed by atoms with Crippen LogP contribution in [0, 0.1) is 17.5 Å². The van der Waals surface area contributed by atoms with Gasteiger partial charge in [-0.3, -0.25) is 4.79 Å². The van der Waals surface area contributed by atoms with Crippen LogP contribution in [0.25, 0.3) is 0 Å². The van der Waals surface area contributed by atoms with Crippen molar-refractivity contribution >= 4 is 21.8 Å². The first kappa shape index (κ1) is 16.0. The fraction of sp³-hybridized carbons (Fsp3) is 0.462. The van der Waals surface area contributed by atoms with Gasteiger partial charge in [-0.2, -0.15) is 0 Å². The number of nitrogens with zero attached hydrogens (tertiary/aromatic N) is 1. The van der Waals surface area contributed by atoms with Crippen molar-refractivity contribution in [3.05, 3.63) is 35.1 Å². The van der Waals surface area contributed by atoms with Crippen LogP contribution in [0.1, 0.15) is 30.1 Å². The second-order valence-electron chi connectivity index (χ2n) is 4.08. The van der Waals surface area contributed by atoms with Gasteiger partial charge in [-0.15, -0.1) is 0 Å². The van der Waals surface area contributed by atoms with Crippen molar-refractivity contribution in [1.82, 2.24) is 4.90 Å². The Morgan fingerprint density at radius 3 is 2.26 bits per heavy atom. The predicted molar refractivity (Wildman–Crippen MR) is 70.9 cm³/mol. The lowest BCUT2D eigenvalue weighted by Crippen LogP contribution is -2.34. The molecule has 0 atom stereocenters. The van der Waals surface area contributed by atoms with Gasteiger partial charge < -0.3 is 4.90 Å². The normalized spacial score (nSPS) is 10.6. The first-order valence-corrected chi connectivity index (χ1v) is 7.13. The Balaban J connectivity index is 3.02. The minimum Gasteiger partial charge on any atom is -0.338 e. The van der Waals surface area contributed by atoms with Crippen LogP contribution in [-0.2, 0) is 0 Å². The van der Waals surface area contributed by atoms with E-state index < -0.39 is 28.9 Å². The Hall–Kier alpha value is -1.04. The van der Waals surface area contributed by atoms with E-state index in [1.165, 1.54) is 4.90 Å². The maximum absolute atomic E-state index is 13.5. The van der Waals surface area contributed by atoms with Crippen LogP contribution in [0.5, 0.6) is 0 Å². The van der Waals surface area contributed by atoms with Crippen molar-refractivity contribution in [2.45, 2.75) is 19.8 Å². The zero-order valence-corrected chi connectivity index (χ0v) is 12.1. The summed E-state index contributed by atoms with van der Waals surface area (Å²) in [7, 11) is 0. The summed E-state index contributed by atoms with van der Waals surface area (Å²) in [4.78, 5) is 13.5. The fourth-order valence-corrected chi connectivity index (χ4v) is 2.10. The number of benzene rings is 1. The van der Waals surface area contributed by atoms with Crippen molar-refractivity contribution in [2.75, 3.05) is 18.4 Å². The molecule has 0 N–H and O–H groups in total. The van der Waals surface area contributed by atoms with Crippen molar-refractivity contribution < 1.29 is 18.0 Å². The number of rotatable bonds is 6. The Morgan fingerprint density at radius 1 is 1.21 bits per heavy atom. The molecule has 0 saturated heterocycles. The van der Waals surface area contributed by atoms with Crippen LogP contribution in [0.15, 0.2) is 12.1 Å². The van der Waals surface area contributed by atoms with E-state index in [4.69, 9.17) is 0 Å². The maximum Gasteiger partial charge on any atom is 0.259 e. The molecule has 0 heterocycles. The molecule has 0 radical (unpaired) electrons. The quantitative estimate of drug-likeness (QED) is 0.724. The maximum atomic E-state index is 13.5. The molecule has 1 aromatic rings. The standard InChI is InChI=1S/C13H15BrF3NO/c1-2-3-5-18(6-4-14)13(19)12-10(16)7-9(15)8-11(12)17/h7-8H,2-6H2,1H3. The zero-order valence-electron chi connectivity index (χ0n) is 10.6. The molecule has 19 heavy (non-hydrogen) atoms. The van der Waals surface area contributed by atoms with Crippen LogP contribution in [-0.4, -0.2) is 29.2 Å². The van der Waals surface area contributed by atoms with E-state index in [1.807, 2.05) is 6.92 Å². The zero-order chi connectivity index (χ0) is 14.4. The van der Waals surface area contributed by atoms with Gasteiger partial charge in [0.1, 0.15) is 23.0 Å². The number of halogens is 4. The third-order valence-electron chi connectivity index (χ3n) is 2.64. The predicted octanol–water partition coefficient (Wildman–Crippen LogP) is 3.74. The van der Waals surface area contributed by atoms with Gasteiger partial charge >= 0.3 is 0 Å². The molecule has 0 fully saturated rings. The highest BCUT2D eigenvalue weighted by Crippen LogP contribution is 2.17. The average molecular weight is 338 g/mol. The molecule has 1 aromatic carbocycles. The fourth-order valence-electron chi connectivity index (χ4n) is 1.67. The number of unbranched alkanes of at least 4 members (excludes halogenated alkanes) is 1. The topological polar surface area (TPSA) is 20.3 Å².